The molecule has 1 amide bonds. The maximum absolute atomic E-state index is 11.9. The summed E-state index contributed by atoms with van der Waals surface area (Å²) in [6.45, 7) is 5.71. The maximum Gasteiger partial charge on any atom is 0.328 e. The molecule has 0 aliphatic carbocycles. The molecular weight excluding hydrogens is 256 g/mol. The molecule has 1 unspecified atom stereocenters. The minimum absolute atomic E-state index is 0.0883. The molecule has 20 heavy (non-hydrogen) atoms. The van der Waals surface area contributed by atoms with Crippen LogP contribution in [0.1, 0.15) is 36.5 Å². The predicted octanol–water partition coefficient (Wildman–Crippen LogP) is 1.69. The average Bonchev–Trinajstić information content (AvgIpc) is 2.52. The van der Waals surface area contributed by atoms with Crippen LogP contribution < -0.4 is 10.6 Å². The maximum atomic E-state index is 11.9. The highest BCUT2D eigenvalue weighted by Crippen LogP contribution is 2.40. The number of benzene rings is 1. The molecule has 1 atom stereocenters. The Morgan fingerprint density at radius 2 is 1.90 bits per heavy atom. The van der Waals surface area contributed by atoms with E-state index in [1.165, 1.54) is 6.92 Å². The molecule has 5 nitrogen and oxygen atoms in total. The van der Waals surface area contributed by atoms with Crippen LogP contribution in [0.2, 0.25) is 0 Å². The van der Waals surface area contributed by atoms with Crippen LogP contribution in [-0.2, 0) is 15.1 Å². The van der Waals surface area contributed by atoms with Gasteiger partial charge in [-0.05, 0) is 37.8 Å². The topological polar surface area (TPSA) is 83.6 Å². The van der Waals surface area contributed by atoms with E-state index >= 15 is 0 Å². The van der Waals surface area contributed by atoms with E-state index in [0.29, 0.717) is 30.6 Å². The summed E-state index contributed by atoms with van der Waals surface area (Å²) in [5.41, 5.74) is 7.69. The van der Waals surface area contributed by atoms with Crippen molar-refractivity contribution in [3.8, 4) is 0 Å². The molecular formula is C15H20N2O3. The van der Waals surface area contributed by atoms with Crippen molar-refractivity contribution in [1.82, 2.24) is 0 Å². The highest BCUT2D eigenvalue weighted by Gasteiger charge is 2.42. The second kappa shape index (κ2) is 4.90. The lowest BCUT2D eigenvalue weighted by Gasteiger charge is -2.30. The van der Waals surface area contributed by atoms with Crippen molar-refractivity contribution in [2.75, 3.05) is 11.4 Å². The van der Waals surface area contributed by atoms with Gasteiger partial charge in [-0.3, -0.25) is 4.79 Å². The van der Waals surface area contributed by atoms with Crippen molar-refractivity contribution < 1.29 is 14.7 Å². The van der Waals surface area contributed by atoms with Gasteiger partial charge in [-0.25, -0.2) is 4.79 Å². The van der Waals surface area contributed by atoms with Crippen LogP contribution in [0.5, 0.6) is 0 Å². The highest BCUT2D eigenvalue weighted by molar-refractivity contribution is 5.96. The van der Waals surface area contributed by atoms with Crippen LogP contribution in [0, 0.1) is 13.8 Å². The molecule has 0 saturated carbocycles. The fraction of sp³-hybridized carbons (Fsp3) is 0.467. The number of carboxylic acids is 1. The van der Waals surface area contributed by atoms with Gasteiger partial charge in [0.1, 0.15) is 5.54 Å². The molecule has 1 heterocycles. The Labute approximate surface area is 118 Å². The molecule has 3 N–H and O–H groups in total. The summed E-state index contributed by atoms with van der Waals surface area (Å²) in [7, 11) is 0. The van der Waals surface area contributed by atoms with Crippen LogP contribution >= 0.6 is 0 Å². The van der Waals surface area contributed by atoms with Gasteiger partial charge in [0.25, 0.3) is 0 Å². The Bertz CT molecular complexity index is 583. The first kappa shape index (κ1) is 14.5. The number of anilines is 1. The molecule has 0 spiro atoms. The molecule has 1 aliphatic rings. The monoisotopic (exact) mass is 276 g/mol. The first-order chi connectivity index (χ1) is 9.29. The summed E-state index contributed by atoms with van der Waals surface area (Å²) >= 11 is 0. The number of aryl methyl sites for hydroxylation is 2. The number of hydrogen-bond donors (Lipinski definition) is 2. The Morgan fingerprint density at radius 3 is 2.45 bits per heavy atom. The van der Waals surface area contributed by atoms with Crippen molar-refractivity contribution >= 4 is 17.6 Å². The summed E-state index contributed by atoms with van der Waals surface area (Å²) in [6, 6.07) is 3.76. The zero-order valence-corrected chi connectivity index (χ0v) is 12.1. The Hall–Kier alpha value is -1.88. The smallest absolute Gasteiger partial charge is 0.328 e. The number of aliphatic carboxylic acids is 1. The molecule has 0 saturated heterocycles. The third-order valence-electron chi connectivity index (χ3n) is 4.02. The minimum atomic E-state index is -1.43. The van der Waals surface area contributed by atoms with Gasteiger partial charge in [0.2, 0.25) is 5.91 Å². The van der Waals surface area contributed by atoms with Crippen LogP contribution in [0.4, 0.5) is 5.69 Å². The van der Waals surface area contributed by atoms with E-state index in [0.717, 1.165) is 11.1 Å². The van der Waals surface area contributed by atoms with E-state index in [2.05, 4.69) is 0 Å². The number of rotatable bonds is 1. The van der Waals surface area contributed by atoms with Gasteiger partial charge in [0.15, 0.2) is 0 Å². The van der Waals surface area contributed by atoms with Crippen molar-refractivity contribution in [3.05, 3.63) is 28.8 Å². The van der Waals surface area contributed by atoms with Gasteiger partial charge in [0, 0.05) is 19.0 Å². The van der Waals surface area contributed by atoms with Gasteiger partial charge in [-0.15, -0.1) is 0 Å². The number of fused-ring (bicyclic) bond motifs is 1. The molecule has 1 aromatic rings. The lowest BCUT2D eigenvalue weighted by Crippen LogP contribution is -2.45. The zero-order chi connectivity index (χ0) is 15.1. The van der Waals surface area contributed by atoms with E-state index < -0.39 is 11.5 Å². The number of carbonyl (C=O) groups is 2. The molecule has 0 aromatic heterocycles. The van der Waals surface area contributed by atoms with Gasteiger partial charge in [0.05, 0.1) is 5.69 Å². The van der Waals surface area contributed by atoms with Gasteiger partial charge in [-0.2, -0.15) is 0 Å². The van der Waals surface area contributed by atoms with Crippen molar-refractivity contribution in [2.45, 2.75) is 39.2 Å². The first-order valence-corrected chi connectivity index (χ1v) is 6.70. The van der Waals surface area contributed by atoms with Crippen LogP contribution in [0.3, 0.4) is 0 Å². The zero-order valence-electron chi connectivity index (χ0n) is 12.1. The summed E-state index contributed by atoms with van der Waals surface area (Å²) in [4.78, 5) is 25.2. The number of nitrogens with zero attached hydrogens (tertiary/aromatic N) is 1. The Morgan fingerprint density at radius 1 is 1.30 bits per heavy atom. The lowest BCUT2D eigenvalue weighted by atomic mass is 9.82. The van der Waals surface area contributed by atoms with E-state index in [1.807, 2.05) is 26.0 Å². The highest BCUT2D eigenvalue weighted by atomic mass is 16.4. The molecule has 0 fully saturated rings. The number of nitrogens with two attached hydrogens (primary N) is 1. The first-order valence-electron chi connectivity index (χ1n) is 6.70. The molecule has 108 valence electrons. The Balaban J connectivity index is 2.81. The normalized spacial score (nSPS) is 22.1. The molecule has 0 bridgehead atoms. The third kappa shape index (κ3) is 2.08. The van der Waals surface area contributed by atoms with Gasteiger partial charge in [-0.1, -0.05) is 12.1 Å². The number of hydrogen-bond acceptors (Lipinski definition) is 3. The number of carboxylic acid groups (broad SMARTS) is 1. The summed E-state index contributed by atoms with van der Waals surface area (Å²) in [6.07, 6.45) is 0.888. The summed E-state index contributed by atoms with van der Waals surface area (Å²) in [5.74, 6) is -1.13. The standard InChI is InChI=1S/C15H20N2O3/c1-9-5-6-10(2)13-12(9)15(16,14(19)20)7-4-8-17(13)11(3)18/h5-6H,4,7-8,16H2,1-3H3,(H,19,20). The van der Waals surface area contributed by atoms with Gasteiger partial charge < -0.3 is 15.7 Å². The van der Waals surface area contributed by atoms with Crippen molar-refractivity contribution in [3.63, 3.8) is 0 Å². The van der Waals surface area contributed by atoms with Crippen LogP contribution in [0.15, 0.2) is 12.1 Å². The average molecular weight is 276 g/mol. The second-order valence-electron chi connectivity index (χ2n) is 5.47. The van der Waals surface area contributed by atoms with E-state index in [1.54, 1.807) is 4.90 Å². The second-order valence-corrected chi connectivity index (χ2v) is 5.47. The van der Waals surface area contributed by atoms with Crippen LogP contribution in [-0.4, -0.2) is 23.5 Å². The third-order valence-corrected chi connectivity index (χ3v) is 4.02. The fourth-order valence-corrected chi connectivity index (χ4v) is 2.99. The molecule has 1 aliphatic heterocycles. The minimum Gasteiger partial charge on any atom is -0.480 e. The molecule has 2 rings (SSSR count). The lowest BCUT2D eigenvalue weighted by molar-refractivity contribution is -0.144. The predicted molar refractivity (Wildman–Crippen MR) is 76.7 cm³/mol. The van der Waals surface area contributed by atoms with E-state index in [9.17, 15) is 14.7 Å². The largest absolute Gasteiger partial charge is 0.480 e. The summed E-state index contributed by atoms with van der Waals surface area (Å²) < 4.78 is 0. The Kier molecular flexibility index (Phi) is 3.56. The molecule has 0 radical (unpaired) electrons. The number of carbonyl (C=O) groups excluding carboxylic acids is 1. The van der Waals surface area contributed by atoms with Crippen LogP contribution in [0.25, 0.3) is 0 Å². The fourth-order valence-electron chi connectivity index (χ4n) is 2.99. The van der Waals surface area contributed by atoms with E-state index in [4.69, 9.17) is 5.73 Å². The van der Waals surface area contributed by atoms with Crippen molar-refractivity contribution in [1.29, 1.82) is 0 Å². The molecule has 1 aromatic carbocycles. The van der Waals surface area contributed by atoms with Gasteiger partial charge >= 0.3 is 5.97 Å². The quantitative estimate of drug-likeness (QED) is 0.817. The number of amides is 1. The van der Waals surface area contributed by atoms with Crippen molar-refractivity contribution in [2.24, 2.45) is 5.73 Å². The summed E-state index contributed by atoms with van der Waals surface area (Å²) in [5, 5.41) is 9.58. The SMILES string of the molecule is CC(=O)N1CCCC(N)(C(=O)O)c2c(C)ccc(C)c21. The molecule has 5 heteroatoms. The van der Waals surface area contributed by atoms with E-state index in [-0.39, 0.29) is 5.91 Å².